The standard InChI is InChI=1S/C23H27N5O3S/c1-4-20(29)27-14-18(10-12-23(27,2)3)26-21-19-11-13-28(22(19)25-16-24-21)32(30,31)15-17-8-6-5-7-9-17/h4-9,11,13,16,18H,1,10,12,14-15H2,2-3H3,(H,24,25,26). The molecule has 1 saturated heterocycles. The molecule has 3 aromatic rings. The quantitative estimate of drug-likeness (QED) is 0.576. The van der Waals surface area contributed by atoms with Crippen LogP contribution in [0.3, 0.4) is 0 Å². The zero-order valence-electron chi connectivity index (χ0n) is 18.2. The topological polar surface area (TPSA) is 97.2 Å². The number of likely N-dealkylation sites (tertiary alicyclic amines) is 1. The molecule has 1 aromatic carbocycles. The summed E-state index contributed by atoms with van der Waals surface area (Å²) in [5, 5.41) is 4.02. The van der Waals surface area contributed by atoms with E-state index in [4.69, 9.17) is 0 Å². The lowest BCUT2D eigenvalue weighted by Crippen LogP contribution is -2.55. The summed E-state index contributed by atoms with van der Waals surface area (Å²) >= 11 is 0. The van der Waals surface area contributed by atoms with E-state index in [1.165, 1.54) is 22.6 Å². The van der Waals surface area contributed by atoms with Crippen LogP contribution in [-0.2, 0) is 20.6 Å². The summed E-state index contributed by atoms with van der Waals surface area (Å²) in [5.41, 5.74) is 0.784. The second-order valence-electron chi connectivity index (χ2n) is 8.66. The van der Waals surface area contributed by atoms with Gasteiger partial charge in [-0.25, -0.2) is 22.4 Å². The number of carbonyl (C=O) groups excluding carboxylic acids is 1. The number of nitrogens with zero attached hydrogens (tertiary/aromatic N) is 4. The van der Waals surface area contributed by atoms with Crippen LogP contribution in [-0.4, -0.2) is 51.3 Å². The van der Waals surface area contributed by atoms with Crippen LogP contribution in [0, 0.1) is 0 Å². The van der Waals surface area contributed by atoms with E-state index in [2.05, 4.69) is 21.9 Å². The smallest absolute Gasteiger partial charge is 0.246 e. The Morgan fingerprint density at radius 2 is 2.00 bits per heavy atom. The van der Waals surface area contributed by atoms with Crippen molar-refractivity contribution in [1.82, 2.24) is 18.8 Å². The third-order valence-electron chi connectivity index (χ3n) is 5.96. The number of carbonyl (C=O) groups is 1. The van der Waals surface area contributed by atoms with E-state index in [-0.39, 0.29) is 23.2 Å². The first-order chi connectivity index (χ1) is 15.2. The molecule has 1 aliphatic heterocycles. The summed E-state index contributed by atoms with van der Waals surface area (Å²) in [4.78, 5) is 22.7. The van der Waals surface area contributed by atoms with E-state index >= 15 is 0 Å². The Morgan fingerprint density at radius 1 is 1.25 bits per heavy atom. The van der Waals surface area contributed by atoms with Gasteiger partial charge in [0.05, 0.1) is 11.1 Å². The second kappa shape index (κ2) is 8.38. The highest BCUT2D eigenvalue weighted by atomic mass is 32.2. The molecule has 3 heterocycles. The first-order valence-corrected chi connectivity index (χ1v) is 12.1. The van der Waals surface area contributed by atoms with E-state index < -0.39 is 10.0 Å². The van der Waals surface area contributed by atoms with Crippen LogP contribution in [0.1, 0.15) is 32.3 Å². The molecule has 2 aromatic heterocycles. The number of fused-ring (bicyclic) bond motifs is 1. The fourth-order valence-corrected chi connectivity index (χ4v) is 5.56. The van der Waals surface area contributed by atoms with Gasteiger partial charge in [-0.1, -0.05) is 36.9 Å². The third kappa shape index (κ3) is 4.25. The predicted octanol–water partition coefficient (Wildman–Crippen LogP) is 3.18. The molecule has 1 fully saturated rings. The van der Waals surface area contributed by atoms with Crippen LogP contribution in [0.15, 0.2) is 61.6 Å². The van der Waals surface area contributed by atoms with Gasteiger partial charge < -0.3 is 10.2 Å². The Kier molecular flexibility index (Phi) is 5.77. The maximum atomic E-state index is 13.0. The summed E-state index contributed by atoms with van der Waals surface area (Å²) in [7, 11) is -3.65. The lowest BCUT2D eigenvalue weighted by Gasteiger charge is -2.45. The van der Waals surface area contributed by atoms with Gasteiger partial charge in [0.1, 0.15) is 12.1 Å². The van der Waals surface area contributed by atoms with Crippen LogP contribution < -0.4 is 5.32 Å². The summed E-state index contributed by atoms with van der Waals surface area (Å²) in [6, 6.07) is 10.7. The summed E-state index contributed by atoms with van der Waals surface area (Å²) in [5.74, 6) is 0.327. The minimum absolute atomic E-state index is 0.0192. The van der Waals surface area contributed by atoms with Crippen LogP contribution in [0.4, 0.5) is 5.82 Å². The second-order valence-corrected chi connectivity index (χ2v) is 10.5. The minimum atomic E-state index is -3.65. The molecule has 32 heavy (non-hydrogen) atoms. The molecule has 4 rings (SSSR count). The number of anilines is 1. The number of rotatable bonds is 6. The molecule has 1 atom stereocenters. The fourth-order valence-electron chi connectivity index (χ4n) is 4.15. The van der Waals surface area contributed by atoms with Crippen molar-refractivity contribution in [3.63, 3.8) is 0 Å². The van der Waals surface area contributed by atoms with E-state index in [9.17, 15) is 13.2 Å². The fraction of sp³-hybridized carbons (Fsp3) is 0.348. The molecule has 1 N–H and O–H groups in total. The SMILES string of the molecule is C=CC(=O)N1CC(Nc2ncnc3c2ccn3S(=O)(=O)Cc2ccccc2)CCC1(C)C. The van der Waals surface area contributed by atoms with Crippen LogP contribution >= 0.6 is 0 Å². The van der Waals surface area contributed by atoms with Gasteiger partial charge >= 0.3 is 0 Å². The van der Waals surface area contributed by atoms with Crippen molar-refractivity contribution >= 4 is 32.8 Å². The molecular weight excluding hydrogens is 426 g/mol. The van der Waals surface area contributed by atoms with Gasteiger partial charge in [0.2, 0.25) is 15.9 Å². The highest BCUT2D eigenvalue weighted by molar-refractivity contribution is 7.89. The van der Waals surface area contributed by atoms with E-state index in [1.807, 2.05) is 36.9 Å². The van der Waals surface area contributed by atoms with Crippen molar-refractivity contribution in [2.24, 2.45) is 0 Å². The van der Waals surface area contributed by atoms with Crippen LogP contribution in [0.5, 0.6) is 0 Å². The predicted molar refractivity (Wildman–Crippen MR) is 125 cm³/mol. The summed E-state index contributed by atoms with van der Waals surface area (Å²) < 4.78 is 27.3. The molecule has 0 bridgehead atoms. The van der Waals surface area contributed by atoms with Gasteiger partial charge in [0.15, 0.2) is 5.65 Å². The zero-order valence-corrected chi connectivity index (χ0v) is 19.0. The average Bonchev–Trinajstić information content (AvgIpc) is 3.21. The van der Waals surface area contributed by atoms with Crippen molar-refractivity contribution in [2.75, 3.05) is 11.9 Å². The van der Waals surface area contributed by atoms with Crippen molar-refractivity contribution in [3.05, 3.63) is 67.1 Å². The number of aromatic nitrogens is 3. The van der Waals surface area contributed by atoms with Gasteiger partial charge in [-0.3, -0.25) is 4.79 Å². The lowest BCUT2D eigenvalue weighted by molar-refractivity contribution is -0.133. The molecule has 1 amide bonds. The van der Waals surface area contributed by atoms with Crippen molar-refractivity contribution in [2.45, 2.75) is 44.0 Å². The Hall–Kier alpha value is -3.20. The number of hydrogen-bond acceptors (Lipinski definition) is 6. The number of hydrogen-bond donors (Lipinski definition) is 1. The monoisotopic (exact) mass is 453 g/mol. The highest BCUT2D eigenvalue weighted by Gasteiger charge is 2.36. The number of piperidine rings is 1. The highest BCUT2D eigenvalue weighted by Crippen LogP contribution is 2.30. The van der Waals surface area contributed by atoms with Crippen molar-refractivity contribution < 1.29 is 13.2 Å². The number of benzene rings is 1. The maximum absolute atomic E-state index is 13.0. The van der Waals surface area contributed by atoms with E-state index in [0.717, 1.165) is 12.8 Å². The van der Waals surface area contributed by atoms with Gasteiger partial charge in [0.25, 0.3) is 0 Å². The Labute approximate surface area is 188 Å². The summed E-state index contributed by atoms with van der Waals surface area (Å²) in [6.45, 7) is 8.22. The van der Waals surface area contributed by atoms with Crippen molar-refractivity contribution in [1.29, 1.82) is 0 Å². The molecule has 8 nitrogen and oxygen atoms in total. The molecule has 0 spiro atoms. The molecule has 168 valence electrons. The number of nitrogens with one attached hydrogen (secondary N) is 1. The van der Waals surface area contributed by atoms with Crippen molar-refractivity contribution in [3.8, 4) is 0 Å². The zero-order chi connectivity index (χ0) is 22.9. The molecular formula is C23H27N5O3S. The average molecular weight is 454 g/mol. The van der Waals surface area contributed by atoms with Crippen LogP contribution in [0.2, 0.25) is 0 Å². The van der Waals surface area contributed by atoms with Gasteiger partial charge in [-0.05, 0) is 44.4 Å². The first kappa shape index (κ1) is 22.0. The molecule has 0 radical (unpaired) electrons. The molecule has 0 saturated carbocycles. The van der Waals surface area contributed by atoms with Gasteiger partial charge in [0, 0.05) is 24.3 Å². The molecule has 9 heteroatoms. The third-order valence-corrected chi connectivity index (χ3v) is 7.55. The largest absolute Gasteiger partial charge is 0.365 e. The van der Waals surface area contributed by atoms with E-state index in [1.54, 1.807) is 18.2 Å². The Balaban J connectivity index is 1.60. The number of amides is 1. The lowest BCUT2D eigenvalue weighted by atomic mass is 9.88. The normalized spacial score (nSPS) is 18.4. The van der Waals surface area contributed by atoms with Gasteiger partial charge in [-0.2, -0.15) is 0 Å². The Bertz CT molecular complexity index is 1250. The summed E-state index contributed by atoms with van der Waals surface area (Å²) in [6.07, 6.45) is 5.89. The van der Waals surface area contributed by atoms with E-state index in [0.29, 0.717) is 29.0 Å². The minimum Gasteiger partial charge on any atom is -0.365 e. The van der Waals surface area contributed by atoms with Crippen LogP contribution in [0.25, 0.3) is 11.0 Å². The Morgan fingerprint density at radius 3 is 2.72 bits per heavy atom. The molecule has 1 unspecified atom stereocenters. The first-order valence-electron chi connectivity index (χ1n) is 10.5. The molecule has 0 aliphatic carbocycles. The maximum Gasteiger partial charge on any atom is 0.246 e. The molecule has 1 aliphatic rings. The van der Waals surface area contributed by atoms with Gasteiger partial charge in [-0.15, -0.1) is 0 Å².